The Labute approximate surface area is 91.3 Å². The van der Waals surface area contributed by atoms with Crippen LogP contribution in [0, 0.1) is 0 Å². The molecule has 1 aromatic heterocycles. The summed E-state index contributed by atoms with van der Waals surface area (Å²) in [6, 6.07) is 5.25. The molecule has 2 rings (SSSR count). The molecule has 3 heteroatoms. The maximum Gasteiger partial charge on any atom is 0.0517 e. The van der Waals surface area contributed by atoms with E-state index in [9.17, 15) is 0 Å². The van der Waals surface area contributed by atoms with Crippen LogP contribution in [0.25, 0.3) is 0 Å². The van der Waals surface area contributed by atoms with Crippen LogP contribution in [0.3, 0.4) is 0 Å². The van der Waals surface area contributed by atoms with E-state index in [0.29, 0.717) is 12.1 Å². The normalized spacial score (nSPS) is 27.5. The Morgan fingerprint density at radius 1 is 1.53 bits per heavy atom. The Hall–Kier alpha value is -0.930. The fourth-order valence-electron chi connectivity index (χ4n) is 2.41. The summed E-state index contributed by atoms with van der Waals surface area (Å²) < 4.78 is 0. The smallest absolute Gasteiger partial charge is 0.0517 e. The molecule has 0 unspecified atom stereocenters. The lowest BCUT2D eigenvalue weighted by Gasteiger charge is -2.30. The molecule has 1 aliphatic rings. The van der Waals surface area contributed by atoms with E-state index in [1.54, 1.807) is 0 Å². The highest BCUT2D eigenvalue weighted by atomic mass is 15.2. The van der Waals surface area contributed by atoms with Gasteiger partial charge in [0.1, 0.15) is 0 Å². The van der Waals surface area contributed by atoms with Crippen molar-refractivity contribution in [1.82, 2.24) is 9.88 Å². The fourth-order valence-corrected chi connectivity index (χ4v) is 2.41. The van der Waals surface area contributed by atoms with E-state index < -0.39 is 0 Å². The number of rotatable bonds is 2. The molecular weight excluding hydrogens is 186 g/mol. The van der Waals surface area contributed by atoms with Crippen LogP contribution in [-0.2, 0) is 0 Å². The van der Waals surface area contributed by atoms with E-state index >= 15 is 0 Å². The van der Waals surface area contributed by atoms with Gasteiger partial charge in [-0.2, -0.15) is 0 Å². The zero-order chi connectivity index (χ0) is 10.8. The van der Waals surface area contributed by atoms with Crippen LogP contribution in [0.5, 0.6) is 0 Å². The first kappa shape index (κ1) is 10.6. The molecule has 15 heavy (non-hydrogen) atoms. The van der Waals surface area contributed by atoms with Gasteiger partial charge in [0.05, 0.1) is 6.04 Å². The number of pyridine rings is 1. The summed E-state index contributed by atoms with van der Waals surface area (Å²) in [5.74, 6) is 0. The summed E-state index contributed by atoms with van der Waals surface area (Å²) in [5, 5.41) is 0. The maximum atomic E-state index is 6.17. The Bertz CT molecular complexity index is 310. The molecule has 82 valence electrons. The zero-order valence-corrected chi connectivity index (χ0v) is 9.43. The molecule has 0 amide bonds. The number of nitrogens with zero attached hydrogens (tertiary/aromatic N) is 2. The molecule has 1 aromatic rings. The van der Waals surface area contributed by atoms with Crippen LogP contribution in [0.1, 0.15) is 31.9 Å². The van der Waals surface area contributed by atoms with Crippen molar-refractivity contribution in [3.8, 4) is 0 Å². The number of hydrogen-bond acceptors (Lipinski definition) is 3. The fraction of sp³-hybridized carbons (Fsp3) is 0.583. The Morgan fingerprint density at radius 2 is 2.33 bits per heavy atom. The van der Waals surface area contributed by atoms with Gasteiger partial charge >= 0.3 is 0 Å². The average molecular weight is 205 g/mol. The lowest BCUT2D eigenvalue weighted by atomic mass is 10.0. The SMILES string of the molecule is CC(C)N1CC[C@H](N)[C@H]1c1cccnc1. The molecule has 1 fully saturated rings. The van der Waals surface area contributed by atoms with E-state index in [0.717, 1.165) is 13.0 Å². The topological polar surface area (TPSA) is 42.1 Å². The molecule has 0 radical (unpaired) electrons. The number of likely N-dealkylation sites (tertiary alicyclic amines) is 1. The van der Waals surface area contributed by atoms with Crippen LogP contribution >= 0.6 is 0 Å². The van der Waals surface area contributed by atoms with Crippen LogP contribution in [0.4, 0.5) is 0 Å². The minimum absolute atomic E-state index is 0.247. The van der Waals surface area contributed by atoms with Crippen molar-refractivity contribution in [2.24, 2.45) is 5.73 Å². The highest BCUT2D eigenvalue weighted by Crippen LogP contribution is 2.32. The summed E-state index contributed by atoms with van der Waals surface area (Å²) in [7, 11) is 0. The second kappa shape index (κ2) is 4.29. The van der Waals surface area contributed by atoms with Gasteiger partial charge in [-0.1, -0.05) is 6.07 Å². The summed E-state index contributed by atoms with van der Waals surface area (Å²) >= 11 is 0. The lowest BCUT2D eigenvalue weighted by molar-refractivity contribution is 0.198. The Kier molecular flexibility index (Phi) is 3.03. The zero-order valence-electron chi connectivity index (χ0n) is 9.43. The van der Waals surface area contributed by atoms with E-state index in [2.05, 4.69) is 29.8 Å². The molecule has 3 nitrogen and oxygen atoms in total. The molecule has 0 aliphatic carbocycles. The highest BCUT2D eigenvalue weighted by molar-refractivity contribution is 5.18. The first-order valence-electron chi connectivity index (χ1n) is 5.61. The minimum Gasteiger partial charge on any atom is -0.326 e. The third kappa shape index (κ3) is 2.03. The molecule has 2 heterocycles. The van der Waals surface area contributed by atoms with Gasteiger partial charge in [0.15, 0.2) is 0 Å². The second-order valence-corrected chi connectivity index (χ2v) is 4.52. The number of nitrogens with two attached hydrogens (primary N) is 1. The summed E-state index contributed by atoms with van der Waals surface area (Å²) in [5.41, 5.74) is 7.42. The van der Waals surface area contributed by atoms with Gasteiger partial charge in [-0.05, 0) is 31.9 Å². The summed E-state index contributed by atoms with van der Waals surface area (Å²) in [4.78, 5) is 6.64. The number of aromatic nitrogens is 1. The van der Waals surface area contributed by atoms with Crippen molar-refractivity contribution in [2.75, 3.05) is 6.54 Å². The molecule has 0 spiro atoms. The quantitative estimate of drug-likeness (QED) is 0.796. The van der Waals surface area contributed by atoms with Gasteiger partial charge in [-0.25, -0.2) is 0 Å². The van der Waals surface area contributed by atoms with Crippen molar-refractivity contribution in [2.45, 2.75) is 38.4 Å². The molecular formula is C12H19N3. The van der Waals surface area contributed by atoms with Crippen molar-refractivity contribution >= 4 is 0 Å². The molecule has 1 saturated heterocycles. The molecule has 0 bridgehead atoms. The third-order valence-electron chi connectivity index (χ3n) is 3.17. The summed E-state index contributed by atoms with van der Waals surface area (Å²) in [6.45, 7) is 5.54. The van der Waals surface area contributed by atoms with E-state index in [1.165, 1.54) is 5.56 Å². The minimum atomic E-state index is 0.247. The van der Waals surface area contributed by atoms with E-state index in [-0.39, 0.29) is 6.04 Å². The predicted octanol–water partition coefficient (Wildman–Crippen LogP) is 1.56. The molecule has 0 aromatic carbocycles. The lowest BCUT2D eigenvalue weighted by Crippen LogP contribution is -2.35. The maximum absolute atomic E-state index is 6.17. The van der Waals surface area contributed by atoms with Crippen LogP contribution in [0.15, 0.2) is 24.5 Å². The first-order valence-corrected chi connectivity index (χ1v) is 5.61. The van der Waals surface area contributed by atoms with Crippen LogP contribution < -0.4 is 5.73 Å². The number of hydrogen-bond donors (Lipinski definition) is 1. The van der Waals surface area contributed by atoms with Gasteiger partial charge in [0.25, 0.3) is 0 Å². The monoisotopic (exact) mass is 205 g/mol. The van der Waals surface area contributed by atoms with Gasteiger partial charge in [0, 0.05) is 31.0 Å². The van der Waals surface area contributed by atoms with Gasteiger partial charge in [-0.15, -0.1) is 0 Å². The molecule has 2 N–H and O–H groups in total. The van der Waals surface area contributed by atoms with Gasteiger partial charge < -0.3 is 5.73 Å². The first-order chi connectivity index (χ1) is 7.20. The summed E-state index contributed by atoms with van der Waals surface area (Å²) in [6.07, 6.45) is 4.83. The van der Waals surface area contributed by atoms with Crippen LogP contribution in [0.2, 0.25) is 0 Å². The van der Waals surface area contributed by atoms with E-state index in [4.69, 9.17) is 5.73 Å². The molecule has 1 aliphatic heterocycles. The molecule has 0 saturated carbocycles. The highest BCUT2D eigenvalue weighted by Gasteiger charge is 2.34. The van der Waals surface area contributed by atoms with Crippen LogP contribution in [-0.4, -0.2) is 28.5 Å². The molecule has 2 atom stereocenters. The third-order valence-corrected chi connectivity index (χ3v) is 3.17. The van der Waals surface area contributed by atoms with Gasteiger partial charge in [-0.3, -0.25) is 9.88 Å². The van der Waals surface area contributed by atoms with Crippen molar-refractivity contribution in [1.29, 1.82) is 0 Å². The largest absolute Gasteiger partial charge is 0.326 e. The van der Waals surface area contributed by atoms with E-state index in [1.807, 2.05) is 18.5 Å². The second-order valence-electron chi connectivity index (χ2n) is 4.52. The predicted molar refractivity (Wildman–Crippen MR) is 61.4 cm³/mol. The Morgan fingerprint density at radius 3 is 2.93 bits per heavy atom. The van der Waals surface area contributed by atoms with Crippen molar-refractivity contribution < 1.29 is 0 Å². The Balaban J connectivity index is 2.25. The van der Waals surface area contributed by atoms with Crippen molar-refractivity contribution in [3.63, 3.8) is 0 Å². The van der Waals surface area contributed by atoms with Gasteiger partial charge in [0.2, 0.25) is 0 Å². The standard InChI is InChI=1S/C12H19N3/c1-9(2)15-7-5-11(13)12(15)10-4-3-6-14-8-10/h3-4,6,8-9,11-12H,5,7,13H2,1-2H3/t11-,12+/m0/s1. The van der Waals surface area contributed by atoms with Crippen molar-refractivity contribution in [3.05, 3.63) is 30.1 Å². The average Bonchev–Trinajstić information content (AvgIpc) is 2.61.